The third-order valence-corrected chi connectivity index (χ3v) is 11.2. The number of hydrogen-bond acceptors (Lipinski definition) is 8. The van der Waals surface area contributed by atoms with Crippen LogP contribution in [0.3, 0.4) is 0 Å². The molecule has 9 nitrogen and oxygen atoms in total. The molecular weight excluding hydrogens is 695 g/mol. The number of fused-ring (bicyclic) bond motifs is 1. The van der Waals surface area contributed by atoms with Crippen LogP contribution in [-0.4, -0.2) is 42.7 Å². The first-order chi connectivity index (χ1) is 24.9. The molecule has 272 valence electrons. The minimum Gasteiger partial charge on any atom is -0.494 e. The second kappa shape index (κ2) is 17.1. The van der Waals surface area contributed by atoms with Crippen molar-refractivity contribution in [2.45, 2.75) is 64.0 Å². The summed E-state index contributed by atoms with van der Waals surface area (Å²) in [6.07, 6.45) is 4.20. The zero-order valence-corrected chi connectivity index (χ0v) is 32.0. The molecule has 3 amide bonds. The Hall–Kier alpha value is -4.87. The summed E-state index contributed by atoms with van der Waals surface area (Å²) < 4.78 is 10.7. The van der Waals surface area contributed by atoms with Gasteiger partial charge in [-0.2, -0.15) is 0 Å². The number of thiophene rings is 1. The number of methoxy groups -OCH3 is 1. The normalized spacial score (nSPS) is 14.8. The van der Waals surface area contributed by atoms with E-state index in [0.717, 1.165) is 34.6 Å². The molecule has 2 atom stereocenters. The second-order valence-corrected chi connectivity index (χ2v) is 16.1. The molecule has 3 N–H and O–H groups in total. The van der Waals surface area contributed by atoms with Gasteiger partial charge in [-0.05, 0) is 104 Å². The van der Waals surface area contributed by atoms with Crippen molar-refractivity contribution in [2.24, 2.45) is 11.3 Å². The van der Waals surface area contributed by atoms with Gasteiger partial charge >= 0.3 is 5.97 Å². The van der Waals surface area contributed by atoms with Crippen molar-refractivity contribution in [2.75, 3.05) is 24.4 Å². The number of thioether (sulfide) groups is 1. The Morgan fingerprint density at radius 2 is 1.71 bits per heavy atom. The molecule has 2 unspecified atom stereocenters. The van der Waals surface area contributed by atoms with E-state index in [-0.39, 0.29) is 17.0 Å². The zero-order chi connectivity index (χ0) is 37.4. The van der Waals surface area contributed by atoms with Gasteiger partial charge in [-0.15, -0.1) is 23.1 Å². The first-order valence-corrected chi connectivity index (χ1v) is 19.0. The van der Waals surface area contributed by atoms with Crippen LogP contribution >= 0.6 is 23.1 Å². The molecule has 1 heterocycles. The summed E-state index contributed by atoms with van der Waals surface area (Å²) in [5.41, 5.74) is 3.22. The Bertz CT molecular complexity index is 1950. The molecule has 0 fully saturated rings. The molecule has 0 aliphatic heterocycles. The van der Waals surface area contributed by atoms with Crippen LogP contribution in [0.1, 0.15) is 77.8 Å². The standard InChI is InChI=1S/C41H45N3O6S2/c1-7-50-30-19-16-26(17-20-30)22-33(43-37(46)27-12-9-8-10-13-27)38(47)42-29-14-11-15-31(24-29)51-25(2)36(45)44-39-35(40(48)49-6)32-21-18-28(41(3,4)5)23-34(32)52-39/h8-17,19-20,22,24-25,28H,7,18,21,23H2,1-6H3,(H,42,47)(H,43,46)(H,44,45)/b33-22+. The van der Waals surface area contributed by atoms with Gasteiger partial charge in [0.15, 0.2) is 0 Å². The number of esters is 1. The molecule has 0 bridgehead atoms. The molecule has 1 aromatic heterocycles. The number of benzene rings is 3. The van der Waals surface area contributed by atoms with Gasteiger partial charge in [-0.3, -0.25) is 14.4 Å². The number of ether oxygens (including phenoxy) is 2. The van der Waals surface area contributed by atoms with Crippen LogP contribution in [-0.2, 0) is 27.2 Å². The van der Waals surface area contributed by atoms with E-state index in [1.54, 1.807) is 79.7 Å². The van der Waals surface area contributed by atoms with E-state index in [1.165, 1.54) is 30.2 Å². The maximum atomic E-state index is 13.6. The van der Waals surface area contributed by atoms with Crippen LogP contribution in [0.4, 0.5) is 10.7 Å². The lowest BCUT2D eigenvalue weighted by Gasteiger charge is -2.33. The average Bonchev–Trinajstić information content (AvgIpc) is 3.49. The number of amides is 3. The Morgan fingerprint density at radius 3 is 2.38 bits per heavy atom. The predicted octanol–water partition coefficient (Wildman–Crippen LogP) is 8.61. The number of carbonyl (C=O) groups is 4. The third-order valence-electron chi connectivity index (χ3n) is 8.92. The number of anilines is 2. The summed E-state index contributed by atoms with van der Waals surface area (Å²) in [7, 11) is 1.36. The van der Waals surface area contributed by atoms with Crippen LogP contribution < -0.4 is 20.7 Å². The minimum atomic E-state index is -0.529. The van der Waals surface area contributed by atoms with Gasteiger partial charge in [0.2, 0.25) is 5.91 Å². The summed E-state index contributed by atoms with van der Waals surface area (Å²) in [5, 5.41) is 8.66. The SMILES string of the molecule is CCOc1ccc(/C=C(/NC(=O)c2ccccc2)C(=O)Nc2cccc(SC(C)C(=O)Nc3sc4c(c3C(=O)OC)CCC(C(C)(C)C)C4)c2)cc1. The van der Waals surface area contributed by atoms with Gasteiger partial charge in [0, 0.05) is 21.0 Å². The molecule has 1 aliphatic carbocycles. The average molecular weight is 740 g/mol. The fourth-order valence-corrected chi connectivity index (χ4v) is 8.23. The topological polar surface area (TPSA) is 123 Å². The molecule has 1 aliphatic rings. The molecule has 0 saturated carbocycles. The molecule has 52 heavy (non-hydrogen) atoms. The van der Waals surface area contributed by atoms with Crippen LogP contribution in [0.25, 0.3) is 6.08 Å². The minimum absolute atomic E-state index is 0.0534. The lowest BCUT2D eigenvalue weighted by Crippen LogP contribution is -2.30. The summed E-state index contributed by atoms with van der Waals surface area (Å²) >= 11 is 2.79. The van der Waals surface area contributed by atoms with Gasteiger partial charge in [0.05, 0.1) is 24.5 Å². The van der Waals surface area contributed by atoms with Gasteiger partial charge in [-0.25, -0.2) is 4.79 Å². The molecule has 4 aromatic rings. The van der Waals surface area contributed by atoms with Crippen molar-refractivity contribution >= 4 is 63.6 Å². The summed E-state index contributed by atoms with van der Waals surface area (Å²) in [6, 6.07) is 23.0. The quantitative estimate of drug-likeness (QED) is 0.0756. The fraction of sp³-hybridized carbons (Fsp3) is 0.317. The molecule has 11 heteroatoms. The van der Waals surface area contributed by atoms with E-state index in [9.17, 15) is 19.2 Å². The fourth-order valence-electron chi connectivity index (χ4n) is 5.98. The van der Waals surface area contributed by atoms with E-state index < -0.39 is 23.0 Å². The summed E-state index contributed by atoms with van der Waals surface area (Å²) in [6.45, 7) is 10.9. The van der Waals surface area contributed by atoms with E-state index in [4.69, 9.17) is 9.47 Å². The largest absolute Gasteiger partial charge is 0.494 e. The maximum Gasteiger partial charge on any atom is 0.341 e. The first-order valence-electron chi connectivity index (χ1n) is 17.3. The Labute approximate surface area is 313 Å². The van der Waals surface area contributed by atoms with Crippen molar-refractivity contribution < 1.29 is 28.7 Å². The van der Waals surface area contributed by atoms with Crippen LogP contribution in [0.2, 0.25) is 0 Å². The molecule has 0 spiro atoms. The van der Waals surface area contributed by atoms with Crippen LogP contribution in [0.15, 0.2) is 89.5 Å². The zero-order valence-electron chi connectivity index (χ0n) is 30.3. The summed E-state index contributed by atoms with van der Waals surface area (Å²) in [4.78, 5) is 55.0. The Balaban J connectivity index is 1.30. The highest BCUT2D eigenvalue weighted by molar-refractivity contribution is 8.00. The van der Waals surface area contributed by atoms with Crippen LogP contribution in [0, 0.1) is 11.3 Å². The van der Waals surface area contributed by atoms with Crippen molar-refractivity contribution in [1.29, 1.82) is 0 Å². The Morgan fingerprint density at radius 1 is 0.981 bits per heavy atom. The molecular formula is C41H45N3O6S2. The second-order valence-electron chi connectivity index (χ2n) is 13.6. The van der Waals surface area contributed by atoms with Gasteiger partial charge in [-0.1, -0.05) is 57.2 Å². The number of hydrogen-bond donors (Lipinski definition) is 3. The van der Waals surface area contributed by atoms with Gasteiger partial charge in [0.25, 0.3) is 11.8 Å². The first kappa shape index (κ1) is 38.4. The highest BCUT2D eigenvalue weighted by Crippen LogP contribution is 2.44. The highest BCUT2D eigenvalue weighted by Gasteiger charge is 2.34. The number of carbonyl (C=O) groups excluding carboxylic acids is 4. The monoisotopic (exact) mass is 739 g/mol. The van der Waals surface area contributed by atoms with Crippen molar-refractivity contribution in [1.82, 2.24) is 5.32 Å². The van der Waals surface area contributed by atoms with Gasteiger partial charge < -0.3 is 25.4 Å². The van der Waals surface area contributed by atoms with E-state index >= 15 is 0 Å². The van der Waals surface area contributed by atoms with E-state index in [1.807, 2.05) is 19.1 Å². The van der Waals surface area contributed by atoms with Crippen LogP contribution in [0.5, 0.6) is 5.75 Å². The smallest absolute Gasteiger partial charge is 0.341 e. The summed E-state index contributed by atoms with van der Waals surface area (Å²) in [5.74, 6) is -0.455. The van der Waals surface area contributed by atoms with Crippen molar-refractivity contribution in [3.05, 3.63) is 112 Å². The third kappa shape index (κ3) is 9.71. The molecule has 0 saturated heterocycles. The highest BCUT2D eigenvalue weighted by atomic mass is 32.2. The molecule has 3 aromatic carbocycles. The number of nitrogens with one attached hydrogen (secondary N) is 3. The lowest BCUT2D eigenvalue weighted by atomic mass is 9.72. The van der Waals surface area contributed by atoms with Gasteiger partial charge in [0.1, 0.15) is 16.4 Å². The molecule has 5 rings (SSSR count). The Kier molecular flexibility index (Phi) is 12.6. The van der Waals surface area contributed by atoms with Crippen molar-refractivity contribution in [3.63, 3.8) is 0 Å². The predicted molar refractivity (Wildman–Crippen MR) is 209 cm³/mol. The van der Waals surface area contributed by atoms with E-state index in [0.29, 0.717) is 45.7 Å². The maximum absolute atomic E-state index is 13.6. The van der Waals surface area contributed by atoms with E-state index in [2.05, 4.69) is 36.7 Å². The molecule has 0 radical (unpaired) electrons. The van der Waals surface area contributed by atoms with Crippen molar-refractivity contribution in [3.8, 4) is 5.75 Å². The lowest BCUT2D eigenvalue weighted by molar-refractivity contribution is -0.115. The number of rotatable bonds is 12.